The van der Waals surface area contributed by atoms with E-state index >= 15 is 0 Å². The number of benzene rings is 1. The van der Waals surface area contributed by atoms with E-state index in [0.717, 1.165) is 23.7 Å². The minimum atomic E-state index is 0. The summed E-state index contributed by atoms with van der Waals surface area (Å²) in [5.74, 6) is 2.80. The first-order valence-corrected chi connectivity index (χ1v) is 8.75. The predicted molar refractivity (Wildman–Crippen MR) is 120 cm³/mol. The summed E-state index contributed by atoms with van der Waals surface area (Å²) in [4.78, 5) is 13.0. The average molecular weight is 484 g/mol. The normalized spacial score (nSPS) is 9.81. The number of guanidine groups is 1. The van der Waals surface area contributed by atoms with Gasteiger partial charge in [0, 0.05) is 40.0 Å². The van der Waals surface area contributed by atoms with Crippen molar-refractivity contribution >= 4 is 29.9 Å². The van der Waals surface area contributed by atoms with Gasteiger partial charge < -0.3 is 19.3 Å². The Bertz CT molecular complexity index is 725. The molecule has 0 fully saturated rings. The van der Waals surface area contributed by atoms with Gasteiger partial charge in [0.25, 0.3) is 0 Å². The minimum absolute atomic E-state index is 0. The Hall–Kier alpha value is -2.03. The molecule has 1 aromatic carbocycles. The van der Waals surface area contributed by atoms with Crippen LogP contribution in [0.4, 0.5) is 0 Å². The molecule has 0 bridgehead atoms. The smallest absolute Gasteiger partial charge is 0.224 e. The molecule has 27 heavy (non-hydrogen) atoms. The van der Waals surface area contributed by atoms with Crippen molar-refractivity contribution in [2.75, 3.05) is 34.8 Å². The third-order valence-electron chi connectivity index (χ3n) is 3.56. The highest BCUT2D eigenvalue weighted by Crippen LogP contribution is 2.32. The summed E-state index contributed by atoms with van der Waals surface area (Å²) in [6.07, 6.45) is 2.66. The van der Waals surface area contributed by atoms with Gasteiger partial charge in [-0.05, 0) is 24.6 Å². The lowest BCUT2D eigenvalue weighted by Gasteiger charge is -2.22. The maximum absolute atomic E-state index is 6.06. The summed E-state index contributed by atoms with van der Waals surface area (Å²) in [5, 5.41) is 0. The largest absolute Gasteiger partial charge is 0.490 e. The lowest BCUT2D eigenvalue weighted by atomic mass is 10.2. The number of hydrogen-bond donors (Lipinski definition) is 0. The van der Waals surface area contributed by atoms with E-state index in [1.807, 2.05) is 74.4 Å². The average Bonchev–Trinajstić information content (AvgIpc) is 2.62. The number of nitrogens with zero attached hydrogens (tertiary/aromatic N) is 4. The molecule has 0 atom stereocenters. The molecule has 0 aliphatic heterocycles. The van der Waals surface area contributed by atoms with E-state index in [0.29, 0.717) is 24.8 Å². The second-order valence-corrected chi connectivity index (χ2v) is 6.27. The molecule has 0 unspecified atom stereocenters. The van der Waals surface area contributed by atoms with Crippen molar-refractivity contribution in [1.29, 1.82) is 0 Å². The summed E-state index contributed by atoms with van der Waals surface area (Å²) in [5.41, 5.74) is 0.916. The Labute approximate surface area is 179 Å². The van der Waals surface area contributed by atoms with Crippen LogP contribution in [-0.4, -0.2) is 55.5 Å². The summed E-state index contributed by atoms with van der Waals surface area (Å²) in [7, 11) is 7.89. The molecular formula is C20H29IN4O2. The first-order valence-electron chi connectivity index (χ1n) is 8.75. The first kappa shape index (κ1) is 23.0. The number of ether oxygens (including phenoxy) is 2. The van der Waals surface area contributed by atoms with Gasteiger partial charge >= 0.3 is 0 Å². The molecule has 0 N–H and O–H groups in total. The van der Waals surface area contributed by atoms with Crippen LogP contribution in [0.25, 0.3) is 0 Å². The van der Waals surface area contributed by atoms with Crippen LogP contribution >= 0.6 is 24.0 Å². The van der Waals surface area contributed by atoms with Crippen molar-refractivity contribution in [1.82, 2.24) is 14.8 Å². The van der Waals surface area contributed by atoms with Crippen molar-refractivity contribution < 1.29 is 9.47 Å². The Morgan fingerprint density at radius 2 is 1.67 bits per heavy atom. The van der Waals surface area contributed by atoms with Crippen LogP contribution < -0.4 is 9.47 Å². The van der Waals surface area contributed by atoms with Gasteiger partial charge in [-0.2, -0.15) is 0 Å². The molecule has 2 rings (SSSR count). The minimum Gasteiger partial charge on any atom is -0.490 e. The van der Waals surface area contributed by atoms with Crippen molar-refractivity contribution in [3.05, 3.63) is 48.2 Å². The SMILES string of the molecule is CCCOc1ccccc1Oc1ncccc1CN=C(N(C)C)N(C)C.I. The topological polar surface area (TPSA) is 50.2 Å². The van der Waals surface area contributed by atoms with Gasteiger partial charge in [-0.1, -0.05) is 25.1 Å². The number of aliphatic imine (C=N–C) groups is 1. The fraction of sp³-hybridized carbons (Fsp3) is 0.400. The summed E-state index contributed by atoms with van der Waals surface area (Å²) >= 11 is 0. The Kier molecular flexibility index (Phi) is 9.92. The van der Waals surface area contributed by atoms with Crippen molar-refractivity contribution in [3.8, 4) is 17.4 Å². The molecule has 1 heterocycles. The zero-order valence-electron chi connectivity index (χ0n) is 16.7. The lowest BCUT2D eigenvalue weighted by Crippen LogP contribution is -2.35. The summed E-state index contributed by atoms with van der Waals surface area (Å²) < 4.78 is 11.8. The highest BCUT2D eigenvalue weighted by Gasteiger charge is 2.11. The van der Waals surface area contributed by atoms with E-state index < -0.39 is 0 Å². The molecular weight excluding hydrogens is 455 g/mol. The van der Waals surface area contributed by atoms with E-state index in [-0.39, 0.29) is 24.0 Å². The number of halogens is 1. The number of para-hydroxylation sites is 2. The van der Waals surface area contributed by atoms with Crippen molar-refractivity contribution in [2.24, 2.45) is 4.99 Å². The van der Waals surface area contributed by atoms with Gasteiger partial charge in [0.05, 0.1) is 13.2 Å². The van der Waals surface area contributed by atoms with E-state index in [4.69, 9.17) is 9.47 Å². The maximum atomic E-state index is 6.06. The van der Waals surface area contributed by atoms with Gasteiger partial charge in [0.15, 0.2) is 17.5 Å². The van der Waals surface area contributed by atoms with Crippen LogP contribution in [0.1, 0.15) is 18.9 Å². The van der Waals surface area contributed by atoms with E-state index in [2.05, 4.69) is 16.9 Å². The van der Waals surface area contributed by atoms with E-state index in [1.165, 1.54) is 0 Å². The monoisotopic (exact) mass is 484 g/mol. The first-order chi connectivity index (χ1) is 12.5. The fourth-order valence-corrected chi connectivity index (χ4v) is 2.44. The number of pyridine rings is 1. The van der Waals surface area contributed by atoms with Gasteiger partial charge in [0.2, 0.25) is 5.88 Å². The third kappa shape index (κ3) is 6.89. The second kappa shape index (κ2) is 11.6. The number of rotatable bonds is 7. The van der Waals surface area contributed by atoms with Crippen LogP contribution in [0, 0.1) is 0 Å². The van der Waals surface area contributed by atoms with E-state index in [1.54, 1.807) is 6.20 Å². The molecule has 2 aromatic rings. The second-order valence-electron chi connectivity index (χ2n) is 6.27. The molecule has 7 heteroatoms. The zero-order chi connectivity index (χ0) is 18.9. The molecule has 1 aromatic heterocycles. The van der Waals surface area contributed by atoms with Crippen LogP contribution in [0.2, 0.25) is 0 Å². The van der Waals surface area contributed by atoms with Gasteiger partial charge in [0.1, 0.15) is 0 Å². The molecule has 0 saturated carbocycles. The molecule has 6 nitrogen and oxygen atoms in total. The highest BCUT2D eigenvalue weighted by atomic mass is 127. The standard InChI is InChI=1S/C20H28N4O2.HI/c1-6-14-25-17-11-7-8-12-18(17)26-19-16(10-9-13-21-19)15-22-20(23(2)3)24(4)5;/h7-13H,6,14-15H2,1-5H3;1H. The van der Waals surface area contributed by atoms with E-state index in [9.17, 15) is 0 Å². The zero-order valence-corrected chi connectivity index (χ0v) is 19.0. The third-order valence-corrected chi connectivity index (χ3v) is 3.56. The molecule has 0 spiro atoms. The van der Waals surface area contributed by atoms with Crippen LogP contribution in [0.15, 0.2) is 47.6 Å². The Morgan fingerprint density at radius 3 is 2.30 bits per heavy atom. The molecule has 148 valence electrons. The molecule has 0 saturated heterocycles. The quantitative estimate of drug-likeness (QED) is 0.334. The summed E-state index contributed by atoms with van der Waals surface area (Å²) in [6.45, 7) is 3.20. The molecule has 0 amide bonds. The molecule has 0 aliphatic carbocycles. The number of hydrogen-bond acceptors (Lipinski definition) is 4. The van der Waals surface area contributed by atoms with Crippen LogP contribution in [0.5, 0.6) is 17.4 Å². The highest BCUT2D eigenvalue weighted by molar-refractivity contribution is 14.0. The predicted octanol–water partition coefficient (Wildman–Crippen LogP) is 4.26. The molecule has 0 radical (unpaired) electrons. The van der Waals surface area contributed by atoms with Gasteiger partial charge in [-0.3, -0.25) is 0 Å². The number of aromatic nitrogens is 1. The van der Waals surface area contributed by atoms with Crippen LogP contribution in [0.3, 0.4) is 0 Å². The van der Waals surface area contributed by atoms with Gasteiger partial charge in [-0.25, -0.2) is 9.98 Å². The van der Waals surface area contributed by atoms with Gasteiger partial charge in [-0.15, -0.1) is 24.0 Å². The van der Waals surface area contributed by atoms with Crippen molar-refractivity contribution in [3.63, 3.8) is 0 Å². The maximum Gasteiger partial charge on any atom is 0.224 e. The summed E-state index contributed by atoms with van der Waals surface area (Å²) in [6, 6.07) is 11.5. The lowest BCUT2D eigenvalue weighted by molar-refractivity contribution is 0.300. The van der Waals surface area contributed by atoms with Crippen molar-refractivity contribution in [2.45, 2.75) is 19.9 Å². The van der Waals surface area contributed by atoms with Crippen LogP contribution in [-0.2, 0) is 6.54 Å². The molecule has 0 aliphatic rings. The fourth-order valence-electron chi connectivity index (χ4n) is 2.44. The Morgan fingerprint density at radius 1 is 1.00 bits per heavy atom. The Balaban J connectivity index is 0.00000364.